The summed E-state index contributed by atoms with van der Waals surface area (Å²) in [6, 6.07) is 23.5. The van der Waals surface area contributed by atoms with Crippen molar-refractivity contribution in [3.05, 3.63) is 95.8 Å². The fourth-order valence-electron chi connectivity index (χ4n) is 5.15. The molecule has 9 nitrogen and oxygen atoms in total. The number of rotatable bonds is 7. The molecule has 2 aliphatic rings. The Bertz CT molecular complexity index is 1670. The number of carbonyl (C=O) groups is 2. The second kappa shape index (κ2) is 11.8. The lowest BCUT2D eigenvalue weighted by molar-refractivity contribution is -0.110. The summed E-state index contributed by atoms with van der Waals surface area (Å²) in [6.07, 6.45) is 1.76. The number of aryl methyl sites for hydroxylation is 2. The van der Waals surface area contributed by atoms with Crippen LogP contribution < -0.4 is 20.9 Å². The molecule has 2 amide bonds. The first-order valence-corrected chi connectivity index (χ1v) is 14.7. The van der Waals surface area contributed by atoms with Crippen LogP contribution in [0.1, 0.15) is 21.6 Å². The van der Waals surface area contributed by atoms with Gasteiger partial charge in [0, 0.05) is 72.2 Å². The zero-order chi connectivity index (χ0) is 29.2. The van der Waals surface area contributed by atoms with E-state index < -0.39 is 0 Å². The van der Waals surface area contributed by atoms with Crippen molar-refractivity contribution in [1.29, 1.82) is 0 Å². The monoisotopic (exact) mass is 579 g/mol. The third kappa shape index (κ3) is 5.90. The van der Waals surface area contributed by atoms with Crippen LogP contribution in [0.5, 0.6) is 0 Å². The first-order valence-electron chi connectivity index (χ1n) is 13.9. The molecular formula is C32H33N7O2S. The van der Waals surface area contributed by atoms with Gasteiger partial charge in [-0.1, -0.05) is 30.0 Å². The highest BCUT2D eigenvalue weighted by molar-refractivity contribution is 7.99. The van der Waals surface area contributed by atoms with Gasteiger partial charge in [-0.2, -0.15) is 5.10 Å². The van der Waals surface area contributed by atoms with E-state index in [-0.39, 0.29) is 11.8 Å². The highest BCUT2D eigenvalue weighted by Gasteiger charge is 2.25. The van der Waals surface area contributed by atoms with Crippen LogP contribution in [-0.2, 0) is 11.8 Å². The van der Waals surface area contributed by atoms with E-state index in [1.807, 2.05) is 61.5 Å². The highest BCUT2D eigenvalue weighted by atomic mass is 32.2. The van der Waals surface area contributed by atoms with Gasteiger partial charge in [-0.05, 0) is 62.5 Å². The van der Waals surface area contributed by atoms with Gasteiger partial charge in [-0.25, -0.2) is 0 Å². The maximum atomic E-state index is 13.1. The SMILES string of the molecule is Cc1cc(NC(=O)c2ccccc2Sc2ccc3c(c2)NC(=O)/C3=C/Nc2ccc(N3CCN(C)CC3)cc2)n(C)n1. The van der Waals surface area contributed by atoms with Gasteiger partial charge in [0.05, 0.1) is 22.5 Å². The van der Waals surface area contributed by atoms with Crippen molar-refractivity contribution in [2.24, 2.45) is 7.05 Å². The summed E-state index contributed by atoms with van der Waals surface area (Å²) in [5.41, 5.74) is 5.69. The summed E-state index contributed by atoms with van der Waals surface area (Å²) in [5, 5.41) is 13.5. The molecule has 1 fully saturated rings. The molecule has 0 spiro atoms. The minimum Gasteiger partial charge on any atom is -0.369 e. The number of carbonyl (C=O) groups excluding carboxylic acids is 2. The number of hydrogen-bond acceptors (Lipinski definition) is 7. The molecule has 3 aromatic carbocycles. The van der Waals surface area contributed by atoms with Crippen LogP contribution in [0.15, 0.2) is 88.8 Å². The van der Waals surface area contributed by atoms with E-state index in [0.29, 0.717) is 17.0 Å². The number of nitrogens with one attached hydrogen (secondary N) is 3. The Kier molecular flexibility index (Phi) is 7.73. The van der Waals surface area contributed by atoms with E-state index in [0.717, 1.165) is 58.6 Å². The van der Waals surface area contributed by atoms with Crippen LogP contribution in [-0.4, -0.2) is 59.7 Å². The molecular weight excluding hydrogens is 546 g/mol. The normalized spacial score (nSPS) is 15.9. The first kappa shape index (κ1) is 27.6. The maximum Gasteiger partial charge on any atom is 0.257 e. The predicted molar refractivity (Wildman–Crippen MR) is 169 cm³/mol. The molecule has 1 aromatic heterocycles. The molecule has 214 valence electrons. The van der Waals surface area contributed by atoms with Gasteiger partial charge in [0.2, 0.25) is 0 Å². The number of piperazine rings is 1. The summed E-state index contributed by atoms with van der Waals surface area (Å²) < 4.78 is 1.65. The molecule has 0 saturated carbocycles. The molecule has 2 aliphatic heterocycles. The minimum atomic E-state index is -0.205. The van der Waals surface area contributed by atoms with Crippen molar-refractivity contribution >= 4 is 52.0 Å². The van der Waals surface area contributed by atoms with E-state index in [4.69, 9.17) is 0 Å². The Hall–Kier alpha value is -4.54. The average molecular weight is 580 g/mol. The Labute approximate surface area is 249 Å². The molecule has 42 heavy (non-hydrogen) atoms. The van der Waals surface area contributed by atoms with Crippen molar-refractivity contribution in [3.8, 4) is 0 Å². The molecule has 0 unspecified atom stereocenters. The average Bonchev–Trinajstić information content (AvgIpc) is 3.48. The van der Waals surface area contributed by atoms with E-state index in [1.54, 1.807) is 24.0 Å². The lowest BCUT2D eigenvalue weighted by atomic mass is 10.1. The number of hydrogen-bond donors (Lipinski definition) is 3. The first-order chi connectivity index (χ1) is 20.3. The quantitative estimate of drug-likeness (QED) is 0.256. The smallest absolute Gasteiger partial charge is 0.257 e. The summed E-state index contributed by atoms with van der Waals surface area (Å²) in [4.78, 5) is 32.4. The number of nitrogens with zero attached hydrogens (tertiary/aromatic N) is 4. The van der Waals surface area contributed by atoms with Crippen LogP contribution in [0.25, 0.3) is 5.57 Å². The van der Waals surface area contributed by atoms with E-state index in [2.05, 4.69) is 50.0 Å². The fraction of sp³-hybridized carbons (Fsp3) is 0.219. The number of benzene rings is 3. The zero-order valence-corrected chi connectivity index (χ0v) is 24.7. The molecule has 3 heterocycles. The van der Waals surface area contributed by atoms with Gasteiger partial charge in [-0.15, -0.1) is 0 Å². The molecule has 1 saturated heterocycles. The number of amides is 2. The Morgan fingerprint density at radius 3 is 2.48 bits per heavy atom. The van der Waals surface area contributed by atoms with Gasteiger partial charge in [0.1, 0.15) is 5.82 Å². The van der Waals surface area contributed by atoms with Gasteiger partial charge in [0.15, 0.2) is 0 Å². The molecule has 3 N–H and O–H groups in total. The second-order valence-corrected chi connectivity index (χ2v) is 11.7. The number of fused-ring (bicyclic) bond motifs is 1. The largest absolute Gasteiger partial charge is 0.369 e. The summed E-state index contributed by atoms with van der Waals surface area (Å²) in [6.45, 7) is 6.06. The van der Waals surface area contributed by atoms with E-state index >= 15 is 0 Å². The van der Waals surface area contributed by atoms with Gasteiger partial charge >= 0.3 is 0 Å². The second-order valence-electron chi connectivity index (χ2n) is 10.5. The highest BCUT2D eigenvalue weighted by Crippen LogP contribution is 2.38. The van der Waals surface area contributed by atoms with E-state index in [1.165, 1.54) is 17.4 Å². The summed E-state index contributed by atoms with van der Waals surface area (Å²) in [7, 11) is 3.95. The zero-order valence-electron chi connectivity index (χ0n) is 23.8. The van der Waals surface area contributed by atoms with Gasteiger partial charge < -0.3 is 25.8 Å². The summed E-state index contributed by atoms with van der Waals surface area (Å²) >= 11 is 1.48. The number of anilines is 4. The number of aromatic nitrogens is 2. The molecule has 0 bridgehead atoms. The Balaban J connectivity index is 1.14. The lowest BCUT2D eigenvalue weighted by Crippen LogP contribution is -2.44. The van der Waals surface area contributed by atoms with Crippen molar-refractivity contribution in [1.82, 2.24) is 14.7 Å². The number of likely N-dealkylation sites (N-methyl/N-ethyl adjacent to an activating group) is 1. The van der Waals surface area contributed by atoms with Crippen molar-refractivity contribution < 1.29 is 9.59 Å². The lowest BCUT2D eigenvalue weighted by Gasteiger charge is -2.34. The maximum absolute atomic E-state index is 13.1. The van der Waals surface area contributed by atoms with Crippen molar-refractivity contribution in [2.75, 3.05) is 54.1 Å². The topological polar surface area (TPSA) is 94.5 Å². The third-order valence-corrected chi connectivity index (χ3v) is 8.56. The van der Waals surface area contributed by atoms with Crippen molar-refractivity contribution in [2.45, 2.75) is 16.7 Å². The molecule has 0 radical (unpaired) electrons. The standard InChI is InChI=1S/C32H33N7O2S/c1-21-18-30(38(3)36-21)35-31(40)26-6-4-5-7-29(26)42-24-12-13-25-27(32(41)34-28(25)19-24)20-33-22-8-10-23(11-9-22)39-16-14-37(2)15-17-39/h4-13,18-20,33H,14-17H2,1-3H3,(H,34,41)(H,35,40)/b27-20+. The Morgan fingerprint density at radius 1 is 0.976 bits per heavy atom. The van der Waals surface area contributed by atoms with Gasteiger partial charge in [-0.3, -0.25) is 14.3 Å². The molecule has 10 heteroatoms. The van der Waals surface area contributed by atoms with Gasteiger partial charge in [0.25, 0.3) is 11.8 Å². The Morgan fingerprint density at radius 2 is 1.74 bits per heavy atom. The molecule has 0 aliphatic carbocycles. The van der Waals surface area contributed by atoms with Crippen LogP contribution >= 0.6 is 11.8 Å². The molecule has 4 aromatic rings. The van der Waals surface area contributed by atoms with Crippen LogP contribution in [0.2, 0.25) is 0 Å². The molecule has 0 atom stereocenters. The predicted octanol–water partition coefficient (Wildman–Crippen LogP) is 5.29. The van der Waals surface area contributed by atoms with Crippen LogP contribution in [0, 0.1) is 6.92 Å². The van der Waals surface area contributed by atoms with Crippen molar-refractivity contribution in [3.63, 3.8) is 0 Å². The van der Waals surface area contributed by atoms with Crippen LogP contribution in [0.4, 0.5) is 22.9 Å². The van der Waals surface area contributed by atoms with E-state index in [9.17, 15) is 9.59 Å². The third-order valence-electron chi connectivity index (χ3n) is 7.50. The minimum absolute atomic E-state index is 0.153. The molecule has 6 rings (SSSR count). The van der Waals surface area contributed by atoms with Crippen LogP contribution in [0.3, 0.4) is 0 Å². The fourth-order valence-corrected chi connectivity index (χ4v) is 6.13. The summed E-state index contributed by atoms with van der Waals surface area (Å²) in [5.74, 6) is 0.278.